The molecule has 1 atom stereocenters. The number of benzene rings is 1. The van der Waals surface area contributed by atoms with Gasteiger partial charge < -0.3 is 5.32 Å². The van der Waals surface area contributed by atoms with Gasteiger partial charge in [-0.15, -0.1) is 23.6 Å². The first-order valence-corrected chi connectivity index (χ1v) is 7.26. The van der Waals surface area contributed by atoms with Crippen LogP contribution in [-0.2, 0) is 0 Å². The summed E-state index contributed by atoms with van der Waals surface area (Å²) in [5, 5.41) is 3.46. The first-order chi connectivity index (χ1) is 8.76. The Balaban J connectivity index is 2.39. The molecule has 18 heavy (non-hydrogen) atoms. The Hall–Kier alpha value is -0.980. The Labute approximate surface area is 114 Å². The van der Waals surface area contributed by atoms with Crippen molar-refractivity contribution in [3.05, 3.63) is 30.1 Å². The van der Waals surface area contributed by atoms with E-state index in [1.54, 1.807) is 11.8 Å². The molecule has 0 aromatic heterocycles. The SMILES string of the molecule is CC#CCCC(CSc1ccc(F)cc1)NCC. The fourth-order valence-corrected chi connectivity index (χ4v) is 2.64. The number of hydrogen-bond acceptors (Lipinski definition) is 2. The maximum Gasteiger partial charge on any atom is 0.123 e. The van der Waals surface area contributed by atoms with Gasteiger partial charge in [0.05, 0.1) is 0 Å². The highest BCUT2D eigenvalue weighted by Crippen LogP contribution is 2.20. The maximum absolute atomic E-state index is 12.8. The molecular weight excluding hydrogens is 245 g/mol. The summed E-state index contributed by atoms with van der Waals surface area (Å²) in [4.78, 5) is 1.11. The minimum Gasteiger partial charge on any atom is -0.313 e. The van der Waals surface area contributed by atoms with Crippen LogP contribution in [0, 0.1) is 17.7 Å². The van der Waals surface area contributed by atoms with Crippen LogP contribution in [0.15, 0.2) is 29.2 Å². The molecule has 0 fully saturated rings. The molecule has 0 amide bonds. The minimum absolute atomic E-state index is 0.180. The van der Waals surface area contributed by atoms with E-state index in [2.05, 4.69) is 24.1 Å². The molecule has 0 aliphatic carbocycles. The zero-order chi connectivity index (χ0) is 13.2. The quantitative estimate of drug-likeness (QED) is 0.596. The summed E-state index contributed by atoms with van der Waals surface area (Å²) in [5.74, 6) is 6.82. The lowest BCUT2D eigenvalue weighted by Gasteiger charge is -2.16. The Morgan fingerprint density at radius 1 is 1.33 bits per heavy atom. The largest absolute Gasteiger partial charge is 0.313 e. The highest BCUT2D eigenvalue weighted by atomic mass is 32.2. The van der Waals surface area contributed by atoms with Gasteiger partial charge >= 0.3 is 0 Å². The predicted molar refractivity (Wildman–Crippen MR) is 77.3 cm³/mol. The maximum atomic E-state index is 12.8. The van der Waals surface area contributed by atoms with Crippen LogP contribution in [-0.4, -0.2) is 18.3 Å². The van der Waals surface area contributed by atoms with Gasteiger partial charge in [-0.2, -0.15) is 0 Å². The van der Waals surface area contributed by atoms with Crippen molar-refractivity contribution < 1.29 is 4.39 Å². The zero-order valence-electron chi connectivity index (χ0n) is 11.0. The van der Waals surface area contributed by atoms with E-state index < -0.39 is 0 Å². The molecule has 0 saturated heterocycles. The molecule has 0 aliphatic heterocycles. The standard InChI is InChI=1S/C15H20FNS/c1-3-5-6-7-14(17-4-2)12-18-15-10-8-13(16)9-11-15/h8-11,14,17H,4,6-7,12H2,1-2H3. The molecule has 1 N–H and O–H groups in total. The van der Waals surface area contributed by atoms with Crippen molar-refractivity contribution in [3.63, 3.8) is 0 Å². The van der Waals surface area contributed by atoms with Gasteiger partial charge in [0.15, 0.2) is 0 Å². The Morgan fingerprint density at radius 2 is 2.06 bits per heavy atom. The summed E-state index contributed by atoms with van der Waals surface area (Å²) in [6.45, 7) is 4.95. The van der Waals surface area contributed by atoms with Gasteiger partial charge in [-0.25, -0.2) is 4.39 Å². The van der Waals surface area contributed by atoms with Gasteiger partial charge in [0.25, 0.3) is 0 Å². The van der Waals surface area contributed by atoms with E-state index in [4.69, 9.17) is 0 Å². The van der Waals surface area contributed by atoms with Gasteiger partial charge in [-0.1, -0.05) is 6.92 Å². The van der Waals surface area contributed by atoms with Crippen LogP contribution in [0.3, 0.4) is 0 Å². The first-order valence-electron chi connectivity index (χ1n) is 6.27. The van der Waals surface area contributed by atoms with Gasteiger partial charge in [0, 0.05) is 23.1 Å². The Morgan fingerprint density at radius 3 is 2.67 bits per heavy atom. The summed E-state index contributed by atoms with van der Waals surface area (Å²) >= 11 is 1.76. The van der Waals surface area contributed by atoms with Crippen molar-refractivity contribution >= 4 is 11.8 Å². The average Bonchev–Trinajstić information content (AvgIpc) is 2.38. The fraction of sp³-hybridized carbons (Fsp3) is 0.467. The highest BCUT2D eigenvalue weighted by Gasteiger charge is 2.07. The second-order valence-corrected chi connectivity index (χ2v) is 5.08. The van der Waals surface area contributed by atoms with Crippen LogP contribution >= 0.6 is 11.8 Å². The normalized spacial score (nSPS) is 11.7. The van der Waals surface area contributed by atoms with Crippen molar-refractivity contribution in [2.24, 2.45) is 0 Å². The van der Waals surface area contributed by atoms with Crippen LogP contribution in [0.1, 0.15) is 26.7 Å². The van der Waals surface area contributed by atoms with Gasteiger partial charge in [-0.05, 0) is 44.2 Å². The minimum atomic E-state index is -0.180. The summed E-state index contributed by atoms with van der Waals surface area (Å²) in [6, 6.07) is 7.13. The van der Waals surface area contributed by atoms with Crippen molar-refractivity contribution in [2.75, 3.05) is 12.3 Å². The smallest absolute Gasteiger partial charge is 0.123 e. The molecule has 0 bridgehead atoms. The third-order valence-corrected chi connectivity index (χ3v) is 3.73. The van der Waals surface area contributed by atoms with Crippen molar-refractivity contribution in [2.45, 2.75) is 37.6 Å². The summed E-state index contributed by atoms with van der Waals surface area (Å²) in [6.07, 6.45) is 1.99. The second-order valence-electron chi connectivity index (χ2n) is 3.98. The molecule has 0 radical (unpaired) electrons. The van der Waals surface area contributed by atoms with E-state index in [9.17, 15) is 4.39 Å². The molecule has 3 heteroatoms. The van der Waals surface area contributed by atoms with Crippen LogP contribution in [0.5, 0.6) is 0 Å². The monoisotopic (exact) mass is 265 g/mol. The van der Waals surface area contributed by atoms with Crippen molar-refractivity contribution in [1.29, 1.82) is 0 Å². The van der Waals surface area contributed by atoms with E-state index in [1.807, 2.05) is 19.1 Å². The van der Waals surface area contributed by atoms with E-state index in [0.717, 1.165) is 30.0 Å². The topological polar surface area (TPSA) is 12.0 Å². The van der Waals surface area contributed by atoms with Crippen LogP contribution in [0.2, 0.25) is 0 Å². The molecule has 1 aromatic rings. The van der Waals surface area contributed by atoms with E-state index in [1.165, 1.54) is 12.1 Å². The number of hydrogen-bond donors (Lipinski definition) is 1. The van der Waals surface area contributed by atoms with E-state index in [0.29, 0.717) is 6.04 Å². The summed E-state index contributed by atoms with van der Waals surface area (Å²) in [7, 11) is 0. The molecule has 98 valence electrons. The zero-order valence-corrected chi connectivity index (χ0v) is 11.8. The molecule has 1 unspecified atom stereocenters. The Kier molecular flexibility index (Phi) is 7.55. The molecule has 1 rings (SSSR count). The third-order valence-electron chi connectivity index (χ3n) is 2.55. The molecular formula is C15H20FNS. The lowest BCUT2D eigenvalue weighted by Crippen LogP contribution is -2.30. The Bertz CT molecular complexity index is 391. The third kappa shape index (κ3) is 6.09. The van der Waals surface area contributed by atoms with Gasteiger partial charge in [0.2, 0.25) is 0 Å². The highest BCUT2D eigenvalue weighted by molar-refractivity contribution is 7.99. The van der Waals surface area contributed by atoms with Crippen molar-refractivity contribution in [3.8, 4) is 11.8 Å². The first kappa shape index (κ1) is 15.1. The van der Waals surface area contributed by atoms with Crippen LogP contribution < -0.4 is 5.32 Å². The second kappa shape index (κ2) is 9.02. The fourth-order valence-electron chi connectivity index (χ4n) is 1.63. The molecule has 0 spiro atoms. The van der Waals surface area contributed by atoms with Gasteiger partial charge in [0.1, 0.15) is 5.82 Å². The average molecular weight is 265 g/mol. The molecule has 0 heterocycles. The molecule has 1 aromatic carbocycles. The lowest BCUT2D eigenvalue weighted by atomic mass is 10.2. The number of halogens is 1. The summed E-state index contributed by atoms with van der Waals surface area (Å²) in [5.41, 5.74) is 0. The molecule has 0 saturated carbocycles. The number of thioether (sulfide) groups is 1. The summed E-state index contributed by atoms with van der Waals surface area (Å²) < 4.78 is 12.8. The lowest BCUT2D eigenvalue weighted by molar-refractivity contribution is 0.545. The molecule has 1 nitrogen and oxygen atoms in total. The number of nitrogens with one attached hydrogen (secondary N) is 1. The van der Waals surface area contributed by atoms with Crippen LogP contribution in [0.25, 0.3) is 0 Å². The van der Waals surface area contributed by atoms with Crippen molar-refractivity contribution in [1.82, 2.24) is 5.32 Å². The van der Waals surface area contributed by atoms with Gasteiger partial charge in [-0.3, -0.25) is 0 Å². The molecule has 0 aliphatic rings. The van der Waals surface area contributed by atoms with E-state index >= 15 is 0 Å². The van der Waals surface area contributed by atoms with E-state index in [-0.39, 0.29) is 5.82 Å². The van der Waals surface area contributed by atoms with Crippen LogP contribution in [0.4, 0.5) is 4.39 Å². The number of rotatable bonds is 7. The predicted octanol–water partition coefficient (Wildman–Crippen LogP) is 3.70.